The third kappa shape index (κ3) is 2.72. The van der Waals surface area contributed by atoms with Gasteiger partial charge in [-0.25, -0.2) is 0 Å². The molecule has 0 aliphatic rings. The maximum Gasteiger partial charge on any atom is 0.313 e. The number of rotatable bonds is 3. The van der Waals surface area contributed by atoms with Gasteiger partial charge < -0.3 is 9.84 Å². The first-order chi connectivity index (χ1) is 7.10. The predicted molar refractivity (Wildman–Crippen MR) is 60.9 cm³/mol. The quantitative estimate of drug-likeness (QED) is 0.861. The van der Waals surface area contributed by atoms with Crippen LogP contribution in [0.25, 0.3) is 0 Å². The van der Waals surface area contributed by atoms with Crippen molar-refractivity contribution in [2.24, 2.45) is 0 Å². The van der Waals surface area contributed by atoms with E-state index in [1.165, 1.54) is 7.11 Å². The largest absolute Gasteiger partial charge is 0.508 e. The summed E-state index contributed by atoms with van der Waals surface area (Å²) in [5, 5.41) is 9.65. The molecule has 1 aromatic rings. The van der Waals surface area contributed by atoms with E-state index in [9.17, 15) is 9.90 Å². The zero-order chi connectivity index (χ0) is 11.4. The molecule has 1 atom stereocenters. The van der Waals surface area contributed by atoms with E-state index in [0.717, 1.165) is 4.47 Å². The molecule has 0 bridgehead atoms. The van der Waals surface area contributed by atoms with Crippen LogP contribution < -0.4 is 0 Å². The molecule has 1 N–H and O–H groups in total. The van der Waals surface area contributed by atoms with Crippen molar-refractivity contribution in [3.63, 3.8) is 0 Å². The van der Waals surface area contributed by atoms with Gasteiger partial charge >= 0.3 is 5.97 Å². The fourth-order valence-electron chi connectivity index (χ4n) is 1.46. The fraction of sp³-hybridized carbons (Fsp3) is 0.364. The van der Waals surface area contributed by atoms with E-state index in [4.69, 9.17) is 0 Å². The average Bonchev–Trinajstić information content (AvgIpc) is 2.23. The van der Waals surface area contributed by atoms with E-state index in [1.54, 1.807) is 18.2 Å². The first kappa shape index (κ1) is 12.0. The van der Waals surface area contributed by atoms with Crippen molar-refractivity contribution in [1.82, 2.24) is 0 Å². The second-order valence-electron chi connectivity index (χ2n) is 3.19. The van der Waals surface area contributed by atoms with Crippen LogP contribution in [0.5, 0.6) is 5.75 Å². The molecule has 3 nitrogen and oxygen atoms in total. The van der Waals surface area contributed by atoms with Crippen molar-refractivity contribution in [1.29, 1.82) is 0 Å². The average molecular weight is 273 g/mol. The zero-order valence-corrected chi connectivity index (χ0v) is 10.2. The van der Waals surface area contributed by atoms with Crippen molar-refractivity contribution in [2.45, 2.75) is 19.3 Å². The number of phenolic OH excluding ortho intramolecular Hbond substituents is 1. The van der Waals surface area contributed by atoms with Gasteiger partial charge in [-0.15, -0.1) is 0 Å². The molecule has 0 saturated heterocycles. The van der Waals surface area contributed by atoms with Crippen molar-refractivity contribution in [3.05, 3.63) is 28.2 Å². The van der Waals surface area contributed by atoms with Gasteiger partial charge in [0.1, 0.15) is 5.75 Å². The molecule has 4 heteroatoms. The van der Waals surface area contributed by atoms with Gasteiger partial charge in [-0.2, -0.15) is 0 Å². The Hall–Kier alpha value is -1.03. The number of benzene rings is 1. The lowest BCUT2D eigenvalue weighted by Gasteiger charge is -2.14. The summed E-state index contributed by atoms with van der Waals surface area (Å²) in [6.45, 7) is 1.88. The molecule has 0 radical (unpaired) electrons. The number of aromatic hydroxyl groups is 1. The van der Waals surface area contributed by atoms with Crippen LogP contribution in [0.3, 0.4) is 0 Å². The Bertz CT molecular complexity index is 363. The van der Waals surface area contributed by atoms with Crippen LogP contribution in [0.2, 0.25) is 0 Å². The maximum absolute atomic E-state index is 11.5. The highest BCUT2D eigenvalue weighted by molar-refractivity contribution is 9.10. The molecule has 0 saturated carbocycles. The molecule has 0 spiro atoms. The molecule has 1 unspecified atom stereocenters. The molecule has 0 aliphatic heterocycles. The summed E-state index contributed by atoms with van der Waals surface area (Å²) in [4.78, 5) is 11.5. The molecule has 0 aliphatic carbocycles. The molecule has 1 rings (SSSR count). The van der Waals surface area contributed by atoms with Gasteiger partial charge in [0.25, 0.3) is 0 Å². The lowest BCUT2D eigenvalue weighted by molar-refractivity contribution is -0.142. The van der Waals surface area contributed by atoms with E-state index in [2.05, 4.69) is 20.7 Å². The minimum absolute atomic E-state index is 0.121. The van der Waals surface area contributed by atoms with Gasteiger partial charge in [0.15, 0.2) is 0 Å². The predicted octanol–water partition coefficient (Wildman–Crippen LogP) is 2.82. The standard InChI is InChI=1S/C11H13BrO3/c1-3-8(11(14)15-2)9-6-7(12)4-5-10(9)13/h4-6,8,13H,3H2,1-2H3. The van der Waals surface area contributed by atoms with Gasteiger partial charge in [-0.3, -0.25) is 4.79 Å². The third-order valence-electron chi connectivity index (χ3n) is 2.26. The number of phenols is 1. The van der Waals surface area contributed by atoms with E-state index >= 15 is 0 Å². The second-order valence-corrected chi connectivity index (χ2v) is 4.10. The SMILES string of the molecule is CCC(C(=O)OC)c1cc(Br)ccc1O. The number of halogens is 1. The molecule has 1 aromatic carbocycles. The first-order valence-electron chi connectivity index (χ1n) is 4.66. The smallest absolute Gasteiger partial charge is 0.313 e. The van der Waals surface area contributed by atoms with Gasteiger partial charge in [0.05, 0.1) is 13.0 Å². The molecule has 15 heavy (non-hydrogen) atoms. The summed E-state index contributed by atoms with van der Waals surface area (Å²) >= 11 is 3.30. The topological polar surface area (TPSA) is 46.5 Å². The Morgan fingerprint density at radius 1 is 1.60 bits per heavy atom. The number of hydrogen-bond acceptors (Lipinski definition) is 3. The van der Waals surface area contributed by atoms with Crippen molar-refractivity contribution in [3.8, 4) is 5.75 Å². The number of hydrogen-bond donors (Lipinski definition) is 1. The second kappa shape index (κ2) is 5.16. The Morgan fingerprint density at radius 3 is 2.80 bits per heavy atom. The Balaban J connectivity index is 3.11. The molecule has 82 valence electrons. The zero-order valence-electron chi connectivity index (χ0n) is 8.66. The summed E-state index contributed by atoms with van der Waals surface area (Å²) < 4.78 is 5.52. The van der Waals surface area contributed by atoms with Gasteiger partial charge in [-0.05, 0) is 24.6 Å². The number of methoxy groups -OCH3 is 1. The highest BCUT2D eigenvalue weighted by atomic mass is 79.9. The minimum Gasteiger partial charge on any atom is -0.508 e. The molecule has 0 heterocycles. The Labute approximate surface area is 97.2 Å². The van der Waals surface area contributed by atoms with Crippen molar-refractivity contribution in [2.75, 3.05) is 7.11 Å². The monoisotopic (exact) mass is 272 g/mol. The number of esters is 1. The van der Waals surface area contributed by atoms with Crippen LogP contribution in [0, 0.1) is 0 Å². The number of carbonyl (C=O) groups excluding carboxylic acids is 1. The summed E-state index contributed by atoms with van der Waals surface area (Å²) in [5.41, 5.74) is 0.596. The Morgan fingerprint density at radius 2 is 2.27 bits per heavy atom. The van der Waals surface area contributed by atoms with Crippen LogP contribution in [0.15, 0.2) is 22.7 Å². The van der Waals surface area contributed by atoms with Crippen molar-refractivity contribution < 1.29 is 14.6 Å². The van der Waals surface area contributed by atoms with Crippen LogP contribution in [-0.2, 0) is 9.53 Å². The third-order valence-corrected chi connectivity index (χ3v) is 2.75. The summed E-state index contributed by atoms with van der Waals surface area (Å²) in [6, 6.07) is 5.02. The molecule has 0 amide bonds. The lowest BCUT2D eigenvalue weighted by atomic mass is 9.96. The van der Waals surface area contributed by atoms with E-state index in [1.807, 2.05) is 6.92 Å². The van der Waals surface area contributed by atoms with Gasteiger partial charge in [0.2, 0.25) is 0 Å². The Kier molecular flexibility index (Phi) is 4.15. The van der Waals surface area contributed by atoms with Gasteiger partial charge in [-0.1, -0.05) is 22.9 Å². The number of ether oxygens (including phenoxy) is 1. The van der Waals surface area contributed by atoms with Gasteiger partial charge in [0, 0.05) is 10.0 Å². The highest BCUT2D eigenvalue weighted by Crippen LogP contribution is 2.31. The molecular weight excluding hydrogens is 260 g/mol. The van der Waals surface area contributed by atoms with Crippen LogP contribution in [0.1, 0.15) is 24.8 Å². The first-order valence-corrected chi connectivity index (χ1v) is 5.45. The number of carbonyl (C=O) groups is 1. The van der Waals surface area contributed by atoms with E-state index in [-0.39, 0.29) is 11.7 Å². The fourth-order valence-corrected chi connectivity index (χ4v) is 1.84. The molecule has 0 fully saturated rings. The maximum atomic E-state index is 11.5. The summed E-state index contributed by atoms with van der Waals surface area (Å²) in [6.07, 6.45) is 0.594. The van der Waals surface area contributed by atoms with Crippen LogP contribution in [0.4, 0.5) is 0 Å². The normalized spacial score (nSPS) is 12.2. The summed E-state index contributed by atoms with van der Waals surface area (Å²) in [7, 11) is 1.35. The lowest BCUT2D eigenvalue weighted by Crippen LogP contribution is -2.13. The highest BCUT2D eigenvalue weighted by Gasteiger charge is 2.22. The van der Waals surface area contributed by atoms with Crippen LogP contribution >= 0.6 is 15.9 Å². The van der Waals surface area contributed by atoms with E-state index in [0.29, 0.717) is 12.0 Å². The minimum atomic E-state index is -0.410. The molecular formula is C11H13BrO3. The summed E-state index contributed by atoms with van der Waals surface area (Å²) in [5.74, 6) is -0.617. The van der Waals surface area contributed by atoms with Crippen molar-refractivity contribution >= 4 is 21.9 Å². The van der Waals surface area contributed by atoms with Crippen LogP contribution in [-0.4, -0.2) is 18.2 Å². The van der Waals surface area contributed by atoms with E-state index < -0.39 is 5.92 Å². The molecule has 0 aromatic heterocycles.